The van der Waals surface area contributed by atoms with Crippen molar-refractivity contribution in [1.29, 1.82) is 0 Å². The highest BCUT2D eigenvalue weighted by Gasteiger charge is 2.11. The van der Waals surface area contributed by atoms with E-state index >= 15 is 0 Å². The van der Waals surface area contributed by atoms with Crippen LogP contribution in [0.15, 0.2) is 30.5 Å². The average molecular weight is 306 g/mol. The van der Waals surface area contributed by atoms with Crippen molar-refractivity contribution in [3.63, 3.8) is 0 Å². The lowest BCUT2D eigenvalue weighted by molar-refractivity contribution is 0.680. The van der Waals surface area contributed by atoms with Gasteiger partial charge in [0.25, 0.3) is 0 Å². The number of nitrogens with zero attached hydrogens (tertiary/aromatic N) is 2. The summed E-state index contributed by atoms with van der Waals surface area (Å²) in [7, 11) is 0. The van der Waals surface area contributed by atoms with Crippen molar-refractivity contribution in [1.82, 2.24) is 15.2 Å². The summed E-state index contributed by atoms with van der Waals surface area (Å²) < 4.78 is 0. The summed E-state index contributed by atoms with van der Waals surface area (Å²) in [6.45, 7) is 3.68. The normalized spacial score (nSPS) is 11.3. The van der Waals surface area contributed by atoms with Gasteiger partial charge >= 0.3 is 0 Å². The summed E-state index contributed by atoms with van der Waals surface area (Å²) in [4.78, 5) is 4.13. The lowest BCUT2D eigenvalue weighted by Gasteiger charge is -2.10. The second-order valence-corrected chi connectivity index (χ2v) is 5.96. The molecule has 0 saturated heterocycles. The summed E-state index contributed by atoms with van der Waals surface area (Å²) in [5.74, 6) is 6.89. The number of nitrogen functional groups attached to an aromatic ring is 2. The highest BCUT2D eigenvalue weighted by atomic mass is 15.1. The van der Waals surface area contributed by atoms with Gasteiger partial charge in [0.05, 0.1) is 16.6 Å². The molecule has 2 aromatic heterocycles. The van der Waals surface area contributed by atoms with Crippen LogP contribution in [0, 0.1) is 11.8 Å². The maximum Gasteiger partial charge on any atom is 0.153 e. The van der Waals surface area contributed by atoms with E-state index in [2.05, 4.69) is 27.0 Å². The van der Waals surface area contributed by atoms with Gasteiger partial charge in [0.1, 0.15) is 5.82 Å². The van der Waals surface area contributed by atoms with Crippen molar-refractivity contribution >= 4 is 22.5 Å². The average Bonchev–Trinajstić information content (AvgIpc) is 2.86. The van der Waals surface area contributed by atoms with E-state index in [1.165, 1.54) is 0 Å². The molecule has 0 radical (unpaired) electrons. The molecular weight excluding hydrogens is 288 g/mol. The fourth-order valence-electron chi connectivity index (χ4n) is 2.28. The van der Waals surface area contributed by atoms with Crippen molar-refractivity contribution in [3.05, 3.63) is 36.0 Å². The summed E-state index contributed by atoms with van der Waals surface area (Å²) in [5.41, 5.74) is 20.6. The highest BCUT2D eigenvalue weighted by Crippen LogP contribution is 2.30. The Morgan fingerprint density at radius 2 is 1.91 bits per heavy atom. The second-order valence-electron chi connectivity index (χ2n) is 5.96. The molecule has 1 aromatic carbocycles. The van der Waals surface area contributed by atoms with Crippen LogP contribution in [0.2, 0.25) is 0 Å². The molecule has 3 rings (SSSR count). The first-order valence-corrected chi connectivity index (χ1v) is 7.16. The van der Waals surface area contributed by atoms with Crippen molar-refractivity contribution in [3.8, 4) is 23.0 Å². The molecule has 0 unspecified atom stereocenters. The van der Waals surface area contributed by atoms with Gasteiger partial charge in [-0.2, -0.15) is 5.10 Å². The fraction of sp³-hybridized carbons (Fsp3) is 0.176. The zero-order valence-electron chi connectivity index (χ0n) is 13.0. The van der Waals surface area contributed by atoms with E-state index in [0.29, 0.717) is 17.2 Å². The van der Waals surface area contributed by atoms with E-state index in [4.69, 9.17) is 17.2 Å². The third kappa shape index (κ3) is 2.96. The van der Waals surface area contributed by atoms with E-state index in [1.54, 1.807) is 6.20 Å². The first kappa shape index (κ1) is 14.9. The first-order valence-electron chi connectivity index (χ1n) is 7.16. The molecular formula is C17H18N6. The molecule has 0 aliphatic rings. The van der Waals surface area contributed by atoms with Crippen molar-refractivity contribution in [2.45, 2.75) is 19.4 Å². The van der Waals surface area contributed by atoms with Crippen LogP contribution < -0.4 is 17.2 Å². The molecule has 6 nitrogen and oxygen atoms in total. The molecule has 2 heterocycles. The van der Waals surface area contributed by atoms with Gasteiger partial charge < -0.3 is 17.2 Å². The highest BCUT2D eigenvalue weighted by molar-refractivity contribution is 5.93. The molecule has 0 saturated carbocycles. The fourth-order valence-corrected chi connectivity index (χ4v) is 2.28. The predicted octanol–water partition coefficient (Wildman–Crippen LogP) is 1.88. The van der Waals surface area contributed by atoms with Gasteiger partial charge in [-0.3, -0.25) is 5.10 Å². The number of nitrogens with one attached hydrogen (secondary N) is 1. The number of anilines is 2. The van der Waals surface area contributed by atoms with Gasteiger partial charge in [-0.15, -0.1) is 0 Å². The topological polar surface area (TPSA) is 120 Å². The molecule has 0 fully saturated rings. The number of nitrogens with two attached hydrogens (primary N) is 3. The van der Waals surface area contributed by atoms with Crippen molar-refractivity contribution < 1.29 is 0 Å². The van der Waals surface area contributed by atoms with Gasteiger partial charge in [0.2, 0.25) is 0 Å². The van der Waals surface area contributed by atoms with Crippen molar-refractivity contribution in [2.24, 2.45) is 5.73 Å². The van der Waals surface area contributed by atoms with Gasteiger partial charge in [0, 0.05) is 17.1 Å². The van der Waals surface area contributed by atoms with E-state index in [9.17, 15) is 0 Å². The number of rotatable bonds is 1. The molecule has 0 atom stereocenters. The minimum atomic E-state index is -0.613. The van der Waals surface area contributed by atoms with Crippen LogP contribution >= 0.6 is 0 Å². The number of benzene rings is 1. The first-order chi connectivity index (χ1) is 10.8. The van der Waals surface area contributed by atoms with Gasteiger partial charge in [0.15, 0.2) is 5.82 Å². The maximum absolute atomic E-state index is 6.01. The lowest BCUT2D eigenvalue weighted by Crippen LogP contribution is -2.29. The number of hydrogen-bond donors (Lipinski definition) is 4. The quantitative estimate of drug-likeness (QED) is 0.512. The summed E-state index contributed by atoms with van der Waals surface area (Å²) >= 11 is 0. The minimum absolute atomic E-state index is 0.375. The van der Waals surface area contributed by atoms with Gasteiger partial charge in [-0.1, -0.05) is 17.9 Å². The number of hydrogen-bond acceptors (Lipinski definition) is 5. The second kappa shape index (κ2) is 5.30. The zero-order chi connectivity index (χ0) is 16.6. The predicted molar refractivity (Wildman–Crippen MR) is 93.3 cm³/mol. The Labute approximate surface area is 134 Å². The van der Waals surface area contributed by atoms with Crippen molar-refractivity contribution in [2.75, 3.05) is 11.5 Å². The molecule has 0 aliphatic heterocycles. The molecule has 23 heavy (non-hydrogen) atoms. The Kier molecular flexibility index (Phi) is 3.43. The third-order valence-corrected chi connectivity index (χ3v) is 3.39. The van der Waals surface area contributed by atoms with Crippen LogP contribution in [0.4, 0.5) is 11.6 Å². The molecule has 6 heteroatoms. The minimum Gasteiger partial charge on any atom is -0.383 e. The molecule has 116 valence electrons. The van der Waals surface area contributed by atoms with E-state index in [0.717, 1.165) is 22.0 Å². The van der Waals surface area contributed by atoms with Gasteiger partial charge in [-0.25, -0.2) is 4.98 Å². The summed E-state index contributed by atoms with van der Waals surface area (Å²) in [5, 5.41) is 7.75. The Morgan fingerprint density at radius 3 is 2.65 bits per heavy atom. The van der Waals surface area contributed by atoms with E-state index in [-0.39, 0.29) is 0 Å². The smallest absolute Gasteiger partial charge is 0.153 e. The van der Waals surface area contributed by atoms with Crippen LogP contribution in [-0.4, -0.2) is 20.7 Å². The lowest BCUT2D eigenvalue weighted by atomic mass is 9.98. The van der Waals surface area contributed by atoms with Crippen LogP contribution in [0.25, 0.3) is 22.0 Å². The molecule has 0 aliphatic carbocycles. The largest absolute Gasteiger partial charge is 0.383 e. The van der Waals surface area contributed by atoms with E-state index < -0.39 is 5.54 Å². The van der Waals surface area contributed by atoms with Crippen LogP contribution in [-0.2, 0) is 0 Å². The van der Waals surface area contributed by atoms with Gasteiger partial charge in [-0.05, 0) is 37.6 Å². The summed E-state index contributed by atoms with van der Waals surface area (Å²) in [6, 6.07) is 7.73. The Hall–Kier alpha value is -3.04. The Morgan fingerprint density at radius 1 is 1.13 bits per heavy atom. The van der Waals surface area contributed by atoms with Crippen LogP contribution in [0.5, 0.6) is 0 Å². The molecule has 7 N–H and O–H groups in total. The molecule has 0 amide bonds. The van der Waals surface area contributed by atoms with Crippen LogP contribution in [0.1, 0.15) is 19.4 Å². The number of H-pyrrole nitrogens is 1. The molecule has 0 bridgehead atoms. The van der Waals surface area contributed by atoms with E-state index in [1.807, 2.05) is 38.1 Å². The standard InChI is InChI=1S/C17H18N6/c1-17(2,20)7-5-12-11(6-8-21-15(12)18)10-3-4-14-13(9-10)16(19)23-22-14/h3-4,6,8-9H,20H2,1-2H3,(H2,18,21)(H3,19,22,23). The summed E-state index contributed by atoms with van der Waals surface area (Å²) in [6.07, 6.45) is 1.66. The number of aromatic amines is 1. The SMILES string of the molecule is CC(C)(N)C#Cc1c(-c2ccc3[nH]nc(N)c3c2)ccnc1N. The zero-order valence-corrected chi connectivity index (χ0v) is 13.0. The number of pyridine rings is 1. The Bertz CT molecular complexity index is 937. The molecule has 0 spiro atoms. The van der Waals surface area contributed by atoms with Crippen LogP contribution in [0.3, 0.4) is 0 Å². The monoisotopic (exact) mass is 306 g/mol. The number of fused-ring (bicyclic) bond motifs is 1. The number of aromatic nitrogens is 3. The maximum atomic E-state index is 6.01. The third-order valence-electron chi connectivity index (χ3n) is 3.39. The Balaban J connectivity index is 2.19. The molecule has 3 aromatic rings.